The molecule has 1 heterocycles. The molecule has 18 heavy (non-hydrogen) atoms. The van der Waals surface area contributed by atoms with E-state index in [9.17, 15) is 4.79 Å². The zero-order valence-corrected chi connectivity index (χ0v) is 10.6. The smallest absolute Gasteiger partial charge is 0.251 e. The Morgan fingerprint density at radius 1 is 1.22 bits per heavy atom. The van der Waals surface area contributed by atoms with Gasteiger partial charge in [0.2, 0.25) is 0 Å². The van der Waals surface area contributed by atoms with E-state index in [1.54, 1.807) is 18.4 Å². The molecule has 0 spiro atoms. The number of furan rings is 1. The highest BCUT2D eigenvalue weighted by Crippen LogP contribution is 2.07. The van der Waals surface area contributed by atoms with Gasteiger partial charge in [0, 0.05) is 24.4 Å². The third-order valence-electron chi connectivity index (χ3n) is 2.61. The molecule has 0 aliphatic heterocycles. The van der Waals surface area contributed by atoms with Gasteiger partial charge in [-0.2, -0.15) is 0 Å². The summed E-state index contributed by atoms with van der Waals surface area (Å²) >= 11 is 5.69. The van der Waals surface area contributed by atoms with Crippen molar-refractivity contribution in [2.75, 3.05) is 6.54 Å². The molecule has 0 fully saturated rings. The molecule has 0 aliphatic rings. The van der Waals surface area contributed by atoms with E-state index in [0.29, 0.717) is 24.4 Å². The molecule has 2 rings (SSSR count). The topological polar surface area (TPSA) is 42.2 Å². The molecule has 3 nitrogen and oxygen atoms in total. The van der Waals surface area contributed by atoms with E-state index in [1.165, 1.54) is 0 Å². The standard InChI is InChI=1S/C14H14ClNO2/c15-10-11-3-5-12(6-4-11)14(17)16-8-7-13-2-1-9-18-13/h1-6,9H,7-8,10H2,(H,16,17). The second kappa shape index (κ2) is 6.26. The van der Waals surface area contributed by atoms with E-state index in [4.69, 9.17) is 16.0 Å². The summed E-state index contributed by atoms with van der Waals surface area (Å²) in [7, 11) is 0. The molecule has 1 N–H and O–H groups in total. The van der Waals surface area contributed by atoms with E-state index in [2.05, 4.69) is 5.32 Å². The maximum atomic E-state index is 11.8. The minimum absolute atomic E-state index is 0.0809. The van der Waals surface area contributed by atoms with Crippen molar-refractivity contribution in [3.05, 3.63) is 59.5 Å². The number of nitrogens with one attached hydrogen (secondary N) is 1. The molecule has 1 amide bonds. The van der Waals surface area contributed by atoms with Crippen LogP contribution in [0.2, 0.25) is 0 Å². The lowest BCUT2D eigenvalue weighted by Crippen LogP contribution is -2.25. The fourth-order valence-corrected chi connectivity index (χ4v) is 1.78. The molecule has 0 unspecified atom stereocenters. The van der Waals surface area contributed by atoms with Gasteiger partial charge in [0.05, 0.1) is 6.26 Å². The van der Waals surface area contributed by atoms with Crippen LogP contribution < -0.4 is 5.32 Å². The number of rotatable bonds is 5. The van der Waals surface area contributed by atoms with Crippen LogP contribution >= 0.6 is 11.6 Å². The molecular weight excluding hydrogens is 250 g/mol. The first-order valence-corrected chi connectivity index (χ1v) is 6.28. The van der Waals surface area contributed by atoms with Crippen molar-refractivity contribution in [3.8, 4) is 0 Å². The van der Waals surface area contributed by atoms with Crippen molar-refractivity contribution in [2.24, 2.45) is 0 Å². The molecule has 0 radical (unpaired) electrons. The van der Waals surface area contributed by atoms with Gasteiger partial charge in [-0.3, -0.25) is 4.79 Å². The van der Waals surface area contributed by atoms with Gasteiger partial charge in [-0.1, -0.05) is 12.1 Å². The van der Waals surface area contributed by atoms with Crippen molar-refractivity contribution < 1.29 is 9.21 Å². The van der Waals surface area contributed by atoms with Crippen molar-refractivity contribution >= 4 is 17.5 Å². The largest absolute Gasteiger partial charge is 0.469 e. The lowest BCUT2D eigenvalue weighted by atomic mass is 10.1. The minimum atomic E-state index is -0.0809. The first-order chi connectivity index (χ1) is 8.79. The van der Waals surface area contributed by atoms with Gasteiger partial charge in [0.15, 0.2) is 0 Å². The normalized spacial score (nSPS) is 10.3. The molecule has 0 saturated heterocycles. The third-order valence-corrected chi connectivity index (χ3v) is 2.92. The van der Waals surface area contributed by atoms with Crippen LogP contribution in [0.5, 0.6) is 0 Å². The average Bonchev–Trinajstić information content (AvgIpc) is 2.92. The zero-order valence-electron chi connectivity index (χ0n) is 9.86. The summed E-state index contributed by atoms with van der Waals surface area (Å²) in [5.74, 6) is 1.25. The van der Waals surface area contributed by atoms with Gasteiger partial charge in [-0.05, 0) is 29.8 Å². The van der Waals surface area contributed by atoms with E-state index >= 15 is 0 Å². The summed E-state index contributed by atoms with van der Waals surface area (Å²) in [5.41, 5.74) is 1.65. The van der Waals surface area contributed by atoms with Crippen molar-refractivity contribution in [3.63, 3.8) is 0 Å². The summed E-state index contributed by atoms with van der Waals surface area (Å²) in [6.45, 7) is 0.559. The Bertz CT molecular complexity index is 491. The van der Waals surface area contributed by atoms with Crippen molar-refractivity contribution in [1.29, 1.82) is 0 Å². The SMILES string of the molecule is O=C(NCCc1ccco1)c1ccc(CCl)cc1. The van der Waals surface area contributed by atoms with Gasteiger partial charge in [-0.15, -0.1) is 11.6 Å². The number of carbonyl (C=O) groups is 1. The molecule has 0 atom stereocenters. The Labute approximate surface area is 111 Å². The van der Waals surface area contributed by atoms with Crippen LogP contribution in [0.3, 0.4) is 0 Å². The van der Waals surface area contributed by atoms with Crippen LogP contribution in [0.1, 0.15) is 21.7 Å². The first kappa shape index (κ1) is 12.7. The molecule has 1 aromatic carbocycles. The molecule has 2 aromatic rings. The van der Waals surface area contributed by atoms with Crippen molar-refractivity contribution in [1.82, 2.24) is 5.32 Å². The van der Waals surface area contributed by atoms with Gasteiger partial charge in [0.25, 0.3) is 5.91 Å². The number of hydrogen-bond acceptors (Lipinski definition) is 2. The third kappa shape index (κ3) is 3.37. The first-order valence-electron chi connectivity index (χ1n) is 5.75. The monoisotopic (exact) mass is 263 g/mol. The Morgan fingerprint density at radius 2 is 2.00 bits per heavy atom. The van der Waals surface area contributed by atoms with E-state index in [1.807, 2.05) is 24.3 Å². The maximum absolute atomic E-state index is 11.8. The van der Waals surface area contributed by atoms with Crippen LogP contribution in [-0.4, -0.2) is 12.5 Å². The quantitative estimate of drug-likeness (QED) is 0.843. The van der Waals surface area contributed by atoms with Gasteiger partial charge in [0.1, 0.15) is 5.76 Å². The number of alkyl halides is 1. The second-order valence-corrected chi connectivity index (χ2v) is 4.18. The lowest BCUT2D eigenvalue weighted by molar-refractivity contribution is 0.0953. The lowest BCUT2D eigenvalue weighted by Gasteiger charge is -2.04. The van der Waals surface area contributed by atoms with Crippen LogP contribution in [0.25, 0.3) is 0 Å². The highest BCUT2D eigenvalue weighted by Gasteiger charge is 2.05. The van der Waals surface area contributed by atoms with Crippen molar-refractivity contribution in [2.45, 2.75) is 12.3 Å². The summed E-state index contributed by atoms with van der Waals surface area (Å²) in [4.78, 5) is 11.8. The summed E-state index contributed by atoms with van der Waals surface area (Å²) in [5, 5.41) is 2.84. The van der Waals surface area contributed by atoms with E-state index in [0.717, 1.165) is 11.3 Å². The fraction of sp³-hybridized carbons (Fsp3) is 0.214. The molecule has 0 saturated carbocycles. The minimum Gasteiger partial charge on any atom is -0.469 e. The Kier molecular flexibility index (Phi) is 4.42. The van der Waals surface area contributed by atoms with Crippen LogP contribution in [0.4, 0.5) is 0 Å². The molecule has 0 aliphatic carbocycles. The van der Waals surface area contributed by atoms with E-state index in [-0.39, 0.29) is 5.91 Å². The number of carbonyl (C=O) groups excluding carboxylic acids is 1. The number of hydrogen-bond donors (Lipinski definition) is 1. The van der Waals surface area contributed by atoms with Crippen LogP contribution in [0.15, 0.2) is 47.1 Å². The van der Waals surface area contributed by atoms with Gasteiger partial charge < -0.3 is 9.73 Å². The Hall–Kier alpha value is -1.74. The van der Waals surface area contributed by atoms with E-state index < -0.39 is 0 Å². The zero-order chi connectivity index (χ0) is 12.8. The maximum Gasteiger partial charge on any atom is 0.251 e. The molecule has 4 heteroatoms. The second-order valence-electron chi connectivity index (χ2n) is 3.92. The average molecular weight is 264 g/mol. The predicted octanol–water partition coefficient (Wildman–Crippen LogP) is 2.99. The summed E-state index contributed by atoms with van der Waals surface area (Å²) in [6.07, 6.45) is 2.32. The molecule has 1 aromatic heterocycles. The van der Waals surface area contributed by atoms with Crippen LogP contribution in [0, 0.1) is 0 Å². The molecule has 94 valence electrons. The fourth-order valence-electron chi connectivity index (χ4n) is 1.60. The van der Waals surface area contributed by atoms with Gasteiger partial charge in [-0.25, -0.2) is 0 Å². The highest BCUT2D eigenvalue weighted by molar-refractivity contribution is 6.17. The number of benzene rings is 1. The molecule has 0 bridgehead atoms. The Morgan fingerprint density at radius 3 is 2.61 bits per heavy atom. The summed E-state index contributed by atoms with van der Waals surface area (Å²) < 4.78 is 5.19. The van der Waals surface area contributed by atoms with Gasteiger partial charge >= 0.3 is 0 Å². The Balaban J connectivity index is 1.83. The highest BCUT2D eigenvalue weighted by atomic mass is 35.5. The summed E-state index contributed by atoms with van der Waals surface area (Å²) in [6, 6.07) is 11.0. The molecular formula is C14H14ClNO2. The van der Waals surface area contributed by atoms with Crippen LogP contribution in [-0.2, 0) is 12.3 Å². The number of amides is 1. The predicted molar refractivity (Wildman–Crippen MR) is 70.7 cm³/mol. The number of halogens is 1.